The van der Waals surface area contributed by atoms with E-state index in [-0.39, 0.29) is 30.6 Å². The maximum atomic E-state index is 13.5. The van der Waals surface area contributed by atoms with Crippen molar-refractivity contribution in [3.63, 3.8) is 0 Å². The lowest BCUT2D eigenvalue weighted by Gasteiger charge is -2.33. The highest BCUT2D eigenvalue weighted by atomic mass is 19.3. The van der Waals surface area contributed by atoms with Gasteiger partial charge in [0.1, 0.15) is 5.52 Å². The minimum absolute atomic E-state index is 0.0241. The number of carbonyl (C=O) groups excluding carboxylic acids is 1. The van der Waals surface area contributed by atoms with Gasteiger partial charge in [0.15, 0.2) is 11.5 Å². The van der Waals surface area contributed by atoms with E-state index in [0.29, 0.717) is 43.3 Å². The number of aromatic nitrogens is 4. The molecular weight excluding hydrogens is 454 g/mol. The van der Waals surface area contributed by atoms with Crippen LogP contribution in [0.4, 0.5) is 31.9 Å². The smallest absolute Gasteiger partial charge is 0.251 e. The van der Waals surface area contributed by atoms with Crippen LogP contribution in [0.25, 0.3) is 11.2 Å². The molecule has 2 aliphatic heterocycles. The van der Waals surface area contributed by atoms with E-state index in [1.165, 1.54) is 6.08 Å². The number of carbonyl (C=O) groups is 1. The number of nitrogens with zero attached hydrogens (tertiary/aromatic N) is 6. The van der Waals surface area contributed by atoms with Crippen LogP contribution in [0.3, 0.4) is 0 Å². The Labute approximate surface area is 201 Å². The molecule has 0 aliphatic carbocycles. The van der Waals surface area contributed by atoms with Gasteiger partial charge < -0.3 is 25.4 Å². The fourth-order valence-electron chi connectivity index (χ4n) is 4.75. The monoisotopic (exact) mass is 482 g/mol. The van der Waals surface area contributed by atoms with Crippen molar-refractivity contribution in [3.05, 3.63) is 43.2 Å². The predicted molar refractivity (Wildman–Crippen MR) is 131 cm³/mol. The van der Waals surface area contributed by atoms with Crippen LogP contribution in [0.15, 0.2) is 43.2 Å². The maximum absolute atomic E-state index is 13.5. The Hall–Kier alpha value is -3.76. The minimum atomic E-state index is -2.57. The van der Waals surface area contributed by atoms with Crippen molar-refractivity contribution in [3.8, 4) is 0 Å². The number of hydrogen-bond donors (Lipinski definition) is 2. The molecule has 2 aromatic heterocycles. The van der Waals surface area contributed by atoms with Gasteiger partial charge in [0, 0.05) is 50.4 Å². The van der Waals surface area contributed by atoms with Gasteiger partial charge in [0.25, 0.3) is 5.92 Å². The molecule has 4 heterocycles. The number of alkyl halides is 2. The molecule has 0 radical (unpaired) electrons. The fourth-order valence-corrected chi connectivity index (χ4v) is 4.75. The highest BCUT2D eigenvalue weighted by molar-refractivity contribution is 5.87. The molecule has 9 nitrogen and oxygen atoms in total. The second-order valence-corrected chi connectivity index (χ2v) is 9.06. The number of anilines is 4. The number of likely N-dealkylation sites (tertiary alicyclic amines) is 1. The van der Waals surface area contributed by atoms with Gasteiger partial charge in [-0.2, -0.15) is 9.97 Å². The van der Waals surface area contributed by atoms with E-state index in [9.17, 15) is 13.6 Å². The fraction of sp³-hybridized carbons (Fsp3) is 0.417. The molecule has 11 heteroatoms. The van der Waals surface area contributed by atoms with Gasteiger partial charge in [-0.15, -0.1) is 0 Å². The van der Waals surface area contributed by atoms with E-state index in [4.69, 9.17) is 5.73 Å². The summed E-state index contributed by atoms with van der Waals surface area (Å²) in [4.78, 5) is 29.3. The molecule has 184 valence electrons. The maximum Gasteiger partial charge on any atom is 0.251 e. The summed E-state index contributed by atoms with van der Waals surface area (Å²) < 4.78 is 28.9. The third-order valence-corrected chi connectivity index (χ3v) is 6.71. The first-order valence-electron chi connectivity index (χ1n) is 11.7. The third kappa shape index (κ3) is 4.75. The van der Waals surface area contributed by atoms with Crippen LogP contribution in [-0.2, 0) is 4.79 Å². The standard InChI is InChI=1S/C24H28F2N8O/c1-2-19(35)33-11-3-4-18(14-33)34-15-28-20-21(27)30-23(31-22(20)34)29-16-5-7-17(8-6-16)32-12-9-24(25,26)10-13-32/h2,5-8,15,18H,1,3-4,9-14H2,(H3,27,29,30,31)/t18-/m0/s1. The van der Waals surface area contributed by atoms with E-state index in [2.05, 4.69) is 26.8 Å². The summed E-state index contributed by atoms with van der Waals surface area (Å²) in [6.45, 7) is 5.50. The molecule has 2 fully saturated rings. The molecule has 2 saturated heterocycles. The summed E-state index contributed by atoms with van der Waals surface area (Å²) in [5, 5.41) is 3.18. The molecule has 0 unspecified atom stereocenters. The van der Waals surface area contributed by atoms with Crippen LogP contribution in [0.2, 0.25) is 0 Å². The molecule has 2 aliphatic rings. The first-order chi connectivity index (χ1) is 16.8. The molecule has 5 rings (SSSR count). The summed E-state index contributed by atoms with van der Waals surface area (Å²) in [5.41, 5.74) is 8.95. The largest absolute Gasteiger partial charge is 0.382 e. The molecule has 1 amide bonds. The Balaban J connectivity index is 1.34. The van der Waals surface area contributed by atoms with Crippen LogP contribution < -0.4 is 16.0 Å². The number of piperidine rings is 2. The predicted octanol–water partition coefficient (Wildman–Crippen LogP) is 3.74. The number of nitrogen functional groups attached to an aromatic ring is 1. The number of halogens is 2. The van der Waals surface area contributed by atoms with Gasteiger partial charge in [-0.25, -0.2) is 13.8 Å². The van der Waals surface area contributed by atoms with Crippen molar-refractivity contribution in [1.29, 1.82) is 0 Å². The number of benzene rings is 1. The lowest BCUT2D eigenvalue weighted by molar-refractivity contribution is -0.127. The molecule has 0 spiro atoms. The van der Waals surface area contributed by atoms with E-state index in [1.807, 2.05) is 33.7 Å². The van der Waals surface area contributed by atoms with Crippen molar-refractivity contribution < 1.29 is 13.6 Å². The van der Waals surface area contributed by atoms with Gasteiger partial charge in [-0.05, 0) is 43.2 Å². The van der Waals surface area contributed by atoms with E-state index >= 15 is 0 Å². The van der Waals surface area contributed by atoms with Gasteiger partial charge in [0.2, 0.25) is 11.9 Å². The first kappa shape index (κ1) is 23.0. The molecule has 3 aromatic rings. The molecular formula is C24H28F2N8O. The van der Waals surface area contributed by atoms with E-state index in [1.54, 1.807) is 11.2 Å². The molecule has 0 bridgehead atoms. The van der Waals surface area contributed by atoms with Crippen LogP contribution in [0.5, 0.6) is 0 Å². The SMILES string of the molecule is C=CC(=O)N1CCC[C@H](n2cnc3c(N)nc(Nc4ccc(N5CCC(F)(F)CC5)cc4)nc32)C1. The number of amides is 1. The summed E-state index contributed by atoms with van der Waals surface area (Å²) >= 11 is 0. The van der Waals surface area contributed by atoms with Crippen molar-refractivity contribution in [2.75, 3.05) is 42.1 Å². The Morgan fingerprint density at radius 3 is 2.63 bits per heavy atom. The number of rotatable bonds is 5. The molecule has 1 atom stereocenters. The Bertz CT molecular complexity index is 1230. The molecule has 35 heavy (non-hydrogen) atoms. The van der Waals surface area contributed by atoms with E-state index < -0.39 is 5.92 Å². The number of nitrogens with two attached hydrogens (primary N) is 1. The van der Waals surface area contributed by atoms with Crippen molar-refractivity contribution in [1.82, 2.24) is 24.4 Å². The number of fused-ring (bicyclic) bond motifs is 1. The number of hydrogen-bond acceptors (Lipinski definition) is 7. The van der Waals surface area contributed by atoms with Gasteiger partial charge >= 0.3 is 0 Å². The second-order valence-electron chi connectivity index (χ2n) is 9.06. The van der Waals surface area contributed by atoms with Crippen molar-refractivity contribution in [2.45, 2.75) is 37.6 Å². The zero-order chi connectivity index (χ0) is 24.6. The molecule has 3 N–H and O–H groups in total. The highest BCUT2D eigenvalue weighted by Gasteiger charge is 2.34. The summed E-state index contributed by atoms with van der Waals surface area (Å²) in [6, 6.07) is 7.54. The Morgan fingerprint density at radius 1 is 1.17 bits per heavy atom. The summed E-state index contributed by atoms with van der Waals surface area (Å²) in [5.74, 6) is -2.07. The topological polar surface area (TPSA) is 105 Å². The highest BCUT2D eigenvalue weighted by Crippen LogP contribution is 2.32. The van der Waals surface area contributed by atoms with Crippen molar-refractivity contribution in [2.24, 2.45) is 0 Å². The normalized spacial score (nSPS) is 20.1. The van der Waals surface area contributed by atoms with Crippen LogP contribution in [-0.4, -0.2) is 62.4 Å². The van der Waals surface area contributed by atoms with E-state index in [0.717, 1.165) is 24.2 Å². The van der Waals surface area contributed by atoms with Crippen LogP contribution in [0, 0.1) is 0 Å². The molecule has 1 aromatic carbocycles. The Morgan fingerprint density at radius 2 is 1.91 bits per heavy atom. The van der Waals surface area contributed by atoms with Crippen LogP contribution >= 0.6 is 0 Å². The zero-order valence-corrected chi connectivity index (χ0v) is 19.3. The van der Waals surface area contributed by atoms with Crippen LogP contribution in [0.1, 0.15) is 31.7 Å². The summed E-state index contributed by atoms with van der Waals surface area (Å²) in [6.07, 6.45) is 4.54. The van der Waals surface area contributed by atoms with Gasteiger partial charge in [-0.1, -0.05) is 6.58 Å². The minimum Gasteiger partial charge on any atom is -0.382 e. The van der Waals surface area contributed by atoms with Crippen molar-refractivity contribution >= 4 is 40.2 Å². The lowest BCUT2D eigenvalue weighted by Crippen LogP contribution is -2.39. The van der Waals surface area contributed by atoms with Gasteiger partial charge in [-0.3, -0.25) is 4.79 Å². The number of nitrogens with one attached hydrogen (secondary N) is 1. The lowest BCUT2D eigenvalue weighted by atomic mass is 10.1. The first-order valence-corrected chi connectivity index (χ1v) is 11.7. The number of imidazole rings is 1. The second kappa shape index (κ2) is 9.12. The Kier molecular flexibility index (Phi) is 6.00. The quantitative estimate of drug-likeness (QED) is 0.534. The summed E-state index contributed by atoms with van der Waals surface area (Å²) in [7, 11) is 0. The zero-order valence-electron chi connectivity index (χ0n) is 19.3. The third-order valence-electron chi connectivity index (χ3n) is 6.71. The molecule has 0 saturated carbocycles. The van der Waals surface area contributed by atoms with Gasteiger partial charge in [0.05, 0.1) is 12.4 Å². The average molecular weight is 483 g/mol. The average Bonchev–Trinajstić information content (AvgIpc) is 3.29.